The summed E-state index contributed by atoms with van der Waals surface area (Å²) in [5.41, 5.74) is 4.88. The van der Waals surface area contributed by atoms with E-state index in [-0.39, 0.29) is 0 Å². The van der Waals surface area contributed by atoms with Crippen molar-refractivity contribution >= 4 is 47.3 Å². The first-order valence-electron chi connectivity index (χ1n) is 6.76. The van der Waals surface area contributed by atoms with Crippen LogP contribution in [-0.2, 0) is 6.91 Å². The predicted molar refractivity (Wildman–Crippen MR) is 110 cm³/mol. The van der Waals surface area contributed by atoms with Crippen molar-refractivity contribution < 1.29 is 11.8 Å². The fraction of sp³-hybridized carbons (Fsp3) is 0.733. The minimum atomic E-state index is -2.08. The van der Waals surface area contributed by atoms with E-state index in [1.165, 1.54) is 6.42 Å². The summed E-state index contributed by atoms with van der Waals surface area (Å²) in [5.74, 6) is 1.30. The third kappa shape index (κ3) is 11.5. The topological polar surface area (TPSA) is 20.2 Å². The molecule has 0 saturated carbocycles. The molecule has 5 heteroatoms. The Morgan fingerprint density at radius 3 is 1.80 bits per heavy atom. The van der Waals surface area contributed by atoms with E-state index in [9.17, 15) is 4.89 Å². The summed E-state index contributed by atoms with van der Waals surface area (Å²) in [6.45, 7) is 6.56. The van der Waals surface area contributed by atoms with Crippen LogP contribution < -0.4 is 0 Å². The first kappa shape index (κ1) is 22.0. The summed E-state index contributed by atoms with van der Waals surface area (Å²) in [4.78, 5) is 9.45. The number of rotatable bonds is 5. The Labute approximate surface area is 149 Å². The van der Waals surface area contributed by atoms with Crippen molar-refractivity contribution in [1.29, 1.82) is 0 Å². The van der Waals surface area contributed by atoms with Gasteiger partial charge in [-0.2, -0.15) is 0 Å². The molecule has 0 bridgehead atoms. The van der Waals surface area contributed by atoms with Crippen LogP contribution in [-0.4, -0.2) is 17.2 Å². The van der Waals surface area contributed by atoms with Crippen LogP contribution in [0.2, 0.25) is 10.9 Å². The van der Waals surface area contributed by atoms with Crippen LogP contribution in [0, 0.1) is 11.8 Å². The van der Waals surface area contributed by atoms with Crippen LogP contribution in [0.3, 0.4) is 0 Å². The van der Waals surface area contributed by atoms with Gasteiger partial charge < -0.3 is 4.89 Å². The summed E-state index contributed by atoms with van der Waals surface area (Å²) in [5, 5.41) is 0. The van der Waals surface area contributed by atoms with Crippen molar-refractivity contribution in [2.45, 2.75) is 45.0 Å². The molecule has 0 saturated heterocycles. The van der Waals surface area contributed by atoms with Crippen molar-refractivity contribution in [3.05, 3.63) is 22.3 Å². The first-order chi connectivity index (χ1) is 8.88. The molecule has 0 aromatic carbocycles. The molecule has 1 aliphatic rings. The zero-order chi connectivity index (χ0) is 16.0. The monoisotopic (exact) mass is 704 g/mol. The summed E-state index contributed by atoms with van der Waals surface area (Å²) in [6.07, 6.45) is 9.96. The van der Waals surface area contributed by atoms with E-state index in [4.69, 9.17) is 0 Å². The Kier molecular flexibility index (Phi) is 10.2. The third-order valence-electron chi connectivity index (χ3n) is 2.45. The van der Waals surface area contributed by atoms with E-state index in [1.807, 2.05) is 0 Å². The number of hydrogen-bond acceptors (Lipinski definition) is 1. The SMILES string of the molecule is CC(C)CP(O)CC(C)C.[CH3][Ir]([CH3])([I])([I])[C]1=CC=CC1. The molecule has 0 amide bonds. The molecule has 1 aliphatic carbocycles. The molecule has 0 spiro atoms. The van der Waals surface area contributed by atoms with Crippen LogP contribution in [0.1, 0.15) is 34.1 Å². The summed E-state index contributed by atoms with van der Waals surface area (Å²) in [7, 11) is -0.659. The average molecular weight is 703 g/mol. The Bertz CT molecular complexity index is 337. The van der Waals surface area contributed by atoms with Gasteiger partial charge in [0.2, 0.25) is 0 Å². The molecular formula is C15H30I2IrOP. The molecule has 0 aromatic heterocycles. The summed E-state index contributed by atoms with van der Waals surface area (Å²) >= 11 is 5.37. The van der Waals surface area contributed by atoms with Gasteiger partial charge in [0.25, 0.3) is 0 Å². The molecule has 124 valence electrons. The minimum absolute atomic E-state index is 0.648. The van der Waals surface area contributed by atoms with Gasteiger partial charge in [0, 0.05) is 8.15 Å². The molecule has 0 unspecified atom stereocenters. The molecule has 20 heavy (non-hydrogen) atoms. The van der Waals surface area contributed by atoms with Crippen molar-refractivity contribution in [2.24, 2.45) is 11.8 Å². The van der Waals surface area contributed by atoms with Gasteiger partial charge >= 0.3 is 85.7 Å². The van der Waals surface area contributed by atoms with E-state index in [2.05, 4.69) is 96.0 Å². The van der Waals surface area contributed by atoms with E-state index in [0.717, 1.165) is 12.3 Å². The van der Waals surface area contributed by atoms with Gasteiger partial charge in [-0.25, -0.2) is 0 Å². The molecule has 0 radical (unpaired) electrons. The average Bonchev–Trinajstić information content (AvgIpc) is 2.65. The Hall–Kier alpha value is 1.98. The molecule has 0 fully saturated rings. The van der Waals surface area contributed by atoms with E-state index >= 15 is 0 Å². The summed E-state index contributed by atoms with van der Waals surface area (Å²) in [6, 6.07) is 0. The van der Waals surface area contributed by atoms with Gasteiger partial charge in [-0.1, -0.05) is 27.7 Å². The zero-order valence-electron chi connectivity index (χ0n) is 13.5. The van der Waals surface area contributed by atoms with Gasteiger partial charge in [-0.3, -0.25) is 0 Å². The van der Waals surface area contributed by atoms with Gasteiger partial charge in [0.05, 0.1) is 0 Å². The maximum absolute atomic E-state index is 9.45. The maximum atomic E-state index is 9.45. The Morgan fingerprint density at radius 2 is 1.60 bits per heavy atom. The van der Waals surface area contributed by atoms with Crippen molar-refractivity contribution in [1.82, 2.24) is 0 Å². The number of halogens is 2. The van der Waals surface area contributed by atoms with Crippen LogP contribution >= 0.6 is 47.3 Å². The first-order valence-corrected chi connectivity index (χ1v) is 28.0. The number of allylic oxidation sites excluding steroid dienone is 4. The third-order valence-corrected chi connectivity index (χ3v) is 17.4. The quantitative estimate of drug-likeness (QED) is 0.242. The van der Waals surface area contributed by atoms with Gasteiger partial charge in [-0.05, 0) is 24.2 Å². The fourth-order valence-corrected chi connectivity index (χ4v) is 10.8. The molecule has 1 nitrogen and oxygen atoms in total. The molecule has 1 rings (SSSR count). The molecule has 1 N–H and O–H groups in total. The second-order valence-electron chi connectivity index (χ2n) is 6.22. The van der Waals surface area contributed by atoms with Crippen LogP contribution in [0.4, 0.5) is 0 Å². The van der Waals surface area contributed by atoms with Crippen molar-refractivity contribution in [3.63, 3.8) is 0 Å². The van der Waals surface area contributed by atoms with E-state index in [1.54, 1.807) is 4.09 Å². The zero-order valence-corrected chi connectivity index (χ0v) is 21.1. The van der Waals surface area contributed by atoms with Gasteiger partial charge in [-0.15, -0.1) is 0 Å². The second-order valence-corrected chi connectivity index (χ2v) is 65.7. The van der Waals surface area contributed by atoms with Crippen LogP contribution in [0.5, 0.6) is 0 Å². The van der Waals surface area contributed by atoms with Gasteiger partial charge in [0.1, 0.15) is 0 Å². The molecule has 0 atom stereocenters. The van der Waals surface area contributed by atoms with Crippen LogP contribution in [0.15, 0.2) is 22.3 Å². The van der Waals surface area contributed by atoms with Crippen LogP contribution in [0.25, 0.3) is 0 Å². The molecule has 0 heterocycles. The predicted octanol–water partition coefficient (Wildman–Crippen LogP) is 7.00. The van der Waals surface area contributed by atoms with Crippen molar-refractivity contribution in [3.8, 4) is 0 Å². The Balaban J connectivity index is 0.000000361. The molecule has 0 aliphatic heterocycles. The molecule has 0 aromatic rings. The standard InChI is InChI=1S/C8H19OP.C5H5.2CH3.2HI.Ir/c1-7(2)5-10(9)6-8(3)4;1-2-4-5-3-1;;;;;/h7-9H,5-6H2,1-4H3;1-3H,4H2;2*1H3;2*1H;/q;;;;;;+2/p-2. The normalized spacial score (nSPS) is 17.0. The van der Waals surface area contributed by atoms with E-state index in [0.29, 0.717) is 11.8 Å². The second kappa shape index (κ2) is 9.32. The van der Waals surface area contributed by atoms with Gasteiger partial charge in [0.15, 0.2) is 0 Å². The molecular weight excluding hydrogens is 673 g/mol. The van der Waals surface area contributed by atoms with Crippen molar-refractivity contribution in [2.75, 3.05) is 12.3 Å². The summed E-state index contributed by atoms with van der Waals surface area (Å²) < 4.78 is 1.69. The Morgan fingerprint density at radius 1 is 1.15 bits per heavy atom. The van der Waals surface area contributed by atoms with E-state index < -0.39 is 15.1 Å². The number of hydrogen-bond donors (Lipinski definition) is 1. The fourth-order valence-electron chi connectivity index (χ4n) is 1.67.